The van der Waals surface area contributed by atoms with Gasteiger partial charge in [0.2, 0.25) is 0 Å². The maximum Gasteiger partial charge on any atom is 0.335 e. The molecule has 0 atom stereocenters. The highest BCUT2D eigenvalue weighted by molar-refractivity contribution is 5.87. The van der Waals surface area contributed by atoms with E-state index in [4.69, 9.17) is 5.11 Å². The summed E-state index contributed by atoms with van der Waals surface area (Å²) in [5.41, 5.74) is 4.84. The molecule has 1 fully saturated rings. The van der Waals surface area contributed by atoms with Crippen molar-refractivity contribution >= 4 is 5.97 Å². The number of benzene rings is 3. The van der Waals surface area contributed by atoms with Crippen molar-refractivity contribution in [2.75, 3.05) is 7.05 Å². The Morgan fingerprint density at radius 3 is 1.97 bits per heavy atom. The molecule has 0 aliphatic heterocycles. The summed E-state index contributed by atoms with van der Waals surface area (Å²) in [7, 11) is 2.20. The van der Waals surface area contributed by atoms with Crippen LogP contribution in [-0.4, -0.2) is 23.0 Å². The lowest BCUT2D eigenvalue weighted by Gasteiger charge is -2.28. The zero-order chi connectivity index (χ0) is 20.3. The summed E-state index contributed by atoms with van der Waals surface area (Å²) in [5.74, 6) is 5.35. The Balaban J connectivity index is 1.46. The first kappa shape index (κ1) is 19.0. The van der Waals surface area contributed by atoms with Gasteiger partial charge in [-0.25, -0.2) is 4.79 Å². The summed E-state index contributed by atoms with van der Waals surface area (Å²) in [6, 6.07) is 25.7. The van der Waals surface area contributed by atoms with Crippen LogP contribution < -0.4 is 0 Å². The van der Waals surface area contributed by atoms with Crippen LogP contribution in [0.5, 0.6) is 0 Å². The largest absolute Gasteiger partial charge is 0.478 e. The molecule has 4 rings (SSSR count). The zero-order valence-electron chi connectivity index (χ0n) is 16.4. The number of carbonyl (C=O) groups is 1. The van der Waals surface area contributed by atoms with Crippen molar-refractivity contribution in [3.63, 3.8) is 0 Å². The van der Waals surface area contributed by atoms with E-state index < -0.39 is 5.97 Å². The van der Waals surface area contributed by atoms with Gasteiger partial charge in [-0.05, 0) is 67.4 Å². The van der Waals surface area contributed by atoms with Gasteiger partial charge in [-0.15, -0.1) is 0 Å². The maximum atomic E-state index is 10.9. The van der Waals surface area contributed by atoms with Crippen molar-refractivity contribution in [2.45, 2.75) is 24.9 Å². The number of nitrogens with zero attached hydrogens (tertiary/aromatic N) is 1. The minimum atomic E-state index is -0.925. The molecule has 3 nitrogen and oxygen atoms in total. The van der Waals surface area contributed by atoms with Crippen molar-refractivity contribution in [3.05, 3.63) is 107 Å². The number of hydrogen-bond donors (Lipinski definition) is 1. The molecular formula is C26H23NO2. The molecule has 0 radical (unpaired) electrons. The Kier molecular flexibility index (Phi) is 5.20. The first-order valence-electron chi connectivity index (χ1n) is 9.78. The fraction of sp³-hybridized carbons (Fsp3) is 0.192. The summed E-state index contributed by atoms with van der Waals surface area (Å²) in [4.78, 5) is 13.4. The van der Waals surface area contributed by atoms with Crippen LogP contribution in [0.3, 0.4) is 0 Å². The fourth-order valence-electron chi connectivity index (χ4n) is 3.72. The molecule has 1 aliphatic rings. The molecule has 3 aromatic rings. The predicted molar refractivity (Wildman–Crippen MR) is 115 cm³/mol. The Hall–Kier alpha value is -3.35. The van der Waals surface area contributed by atoms with E-state index in [0.717, 1.165) is 17.7 Å². The first-order valence-corrected chi connectivity index (χ1v) is 9.78. The molecule has 0 amide bonds. The Labute approximate surface area is 171 Å². The standard InChI is InChI=1S/C26H23NO2/c1-27(19-22-5-3-2-4-6-22)26(17-18-26)24-15-11-21(12-16-24)8-7-20-9-13-23(14-10-20)25(28)29/h2-6,9-16H,17-19H2,1H3,(H,28,29). The summed E-state index contributed by atoms with van der Waals surface area (Å²) in [6.07, 6.45) is 2.36. The number of hydrogen-bond acceptors (Lipinski definition) is 2. The summed E-state index contributed by atoms with van der Waals surface area (Å²) in [5, 5.41) is 8.96. The second-order valence-electron chi connectivity index (χ2n) is 7.58. The van der Waals surface area contributed by atoms with Crippen LogP contribution in [0.25, 0.3) is 0 Å². The first-order chi connectivity index (χ1) is 14.1. The fourth-order valence-corrected chi connectivity index (χ4v) is 3.72. The van der Waals surface area contributed by atoms with Gasteiger partial charge in [-0.2, -0.15) is 0 Å². The van der Waals surface area contributed by atoms with Gasteiger partial charge in [-0.1, -0.05) is 54.3 Å². The molecule has 29 heavy (non-hydrogen) atoms. The molecule has 1 aliphatic carbocycles. The van der Waals surface area contributed by atoms with E-state index in [9.17, 15) is 4.79 Å². The zero-order valence-corrected chi connectivity index (χ0v) is 16.4. The maximum absolute atomic E-state index is 10.9. The van der Waals surface area contributed by atoms with E-state index in [1.54, 1.807) is 24.3 Å². The highest BCUT2D eigenvalue weighted by Gasteiger charge is 2.47. The smallest absolute Gasteiger partial charge is 0.335 e. The minimum absolute atomic E-state index is 0.133. The minimum Gasteiger partial charge on any atom is -0.478 e. The lowest BCUT2D eigenvalue weighted by atomic mass is 10.0. The molecule has 3 heteroatoms. The topological polar surface area (TPSA) is 40.5 Å². The van der Waals surface area contributed by atoms with Crippen molar-refractivity contribution in [1.82, 2.24) is 4.90 Å². The molecule has 0 saturated heterocycles. The molecular weight excluding hydrogens is 358 g/mol. The van der Waals surface area contributed by atoms with Crippen LogP contribution in [0.4, 0.5) is 0 Å². The third-order valence-corrected chi connectivity index (χ3v) is 5.62. The predicted octanol–water partition coefficient (Wildman–Crippen LogP) is 4.91. The van der Waals surface area contributed by atoms with E-state index in [1.807, 2.05) is 0 Å². The van der Waals surface area contributed by atoms with Gasteiger partial charge in [0.15, 0.2) is 0 Å². The Morgan fingerprint density at radius 2 is 1.45 bits per heavy atom. The lowest BCUT2D eigenvalue weighted by molar-refractivity contribution is 0.0697. The highest BCUT2D eigenvalue weighted by atomic mass is 16.4. The molecule has 0 bridgehead atoms. The van der Waals surface area contributed by atoms with Gasteiger partial charge >= 0.3 is 5.97 Å². The summed E-state index contributed by atoms with van der Waals surface area (Å²) in [6.45, 7) is 0.939. The second-order valence-corrected chi connectivity index (χ2v) is 7.58. The summed E-state index contributed by atoms with van der Waals surface area (Å²) >= 11 is 0. The lowest BCUT2D eigenvalue weighted by Crippen LogP contribution is -2.31. The average molecular weight is 381 g/mol. The molecule has 3 aromatic carbocycles. The van der Waals surface area contributed by atoms with E-state index in [-0.39, 0.29) is 11.1 Å². The van der Waals surface area contributed by atoms with Gasteiger partial charge in [0.05, 0.1) is 5.56 Å². The molecule has 144 valence electrons. The van der Waals surface area contributed by atoms with Crippen molar-refractivity contribution in [2.24, 2.45) is 0 Å². The molecule has 0 spiro atoms. The van der Waals surface area contributed by atoms with Crippen LogP contribution in [-0.2, 0) is 12.1 Å². The van der Waals surface area contributed by atoms with Crippen LogP contribution in [0, 0.1) is 11.8 Å². The van der Waals surface area contributed by atoms with Crippen LogP contribution in [0.15, 0.2) is 78.9 Å². The Morgan fingerprint density at radius 1 is 0.897 bits per heavy atom. The number of carboxylic acids is 1. The highest BCUT2D eigenvalue weighted by Crippen LogP contribution is 2.50. The van der Waals surface area contributed by atoms with Gasteiger partial charge < -0.3 is 5.11 Å². The van der Waals surface area contributed by atoms with E-state index >= 15 is 0 Å². The third-order valence-electron chi connectivity index (χ3n) is 5.62. The van der Waals surface area contributed by atoms with Gasteiger partial charge in [0.25, 0.3) is 0 Å². The molecule has 1 saturated carbocycles. The number of rotatable bonds is 5. The van der Waals surface area contributed by atoms with Crippen LogP contribution in [0.2, 0.25) is 0 Å². The molecule has 0 heterocycles. The number of carboxylic acid groups (broad SMARTS) is 1. The van der Waals surface area contributed by atoms with Crippen LogP contribution in [0.1, 0.15) is 45.5 Å². The SMILES string of the molecule is CN(Cc1ccccc1)C1(c2ccc(C#Cc3ccc(C(=O)O)cc3)cc2)CC1. The molecule has 0 unspecified atom stereocenters. The summed E-state index contributed by atoms with van der Waals surface area (Å²) < 4.78 is 0. The monoisotopic (exact) mass is 381 g/mol. The van der Waals surface area contributed by atoms with Gasteiger partial charge in [-0.3, -0.25) is 4.90 Å². The Bertz CT molecular complexity index is 1050. The van der Waals surface area contributed by atoms with E-state index in [1.165, 1.54) is 24.0 Å². The van der Waals surface area contributed by atoms with Gasteiger partial charge in [0.1, 0.15) is 0 Å². The average Bonchev–Trinajstić information content (AvgIpc) is 3.56. The number of aromatic carboxylic acids is 1. The van der Waals surface area contributed by atoms with Crippen molar-refractivity contribution < 1.29 is 9.90 Å². The van der Waals surface area contributed by atoms with Crippen molar-refractivity contribution in [3.8, 4) is 11.8 Å². The van der Waals surface area contributed by atoms with Crippen LogP contribution >= 0.6 is 0 Å². The van der Waals surface area contributed by atoms with E-state index in [0.29, 0.717) is 0 Å². The van der Waals surface area contributed by atoms with Gasteiger partial charge in [0, 0.05) is 23.2 Å². The molecule has 1 N–H and O–H groups in total. The molecule has 0 aromatic heterocycles. The second kappa shape index (κ2) is 7.95. The quantitative estimate of drug-likeness (QED) is 0.639. The van der Waals surface area contributed by atoms with E-state index in [2.05, 4.69) is 78.4 Å². The third kappa shape index (κ3) is 4.23. The normalized spacial score (nSPS) is 14.1. The van der Waals surface area contributed by atoms with Crippen molar-refractivity contribution in [1.29, 1.82) is 0 Å².